The Balaban J connectivity index is 2.33. The number of nitrogens with zero attached hydrogens (tertiary/aromatic N) is 2. The van der Waals surface area contributed by atoms with E-state index < -0.39 is 14.3 Å². The van der Waals surface area contributed by atoms with Crippen LogP contribution in [-0.2, 0) is 14.0 Å². The van der Waals surface area contributed by atoms with Crippen LogP contribution in [-0.4, -0.2) is 59.8 Å². The molecule has 2 aliphatic rings. The molecular weight excluding hydrogens is 432 g/mol. The van der Waals surface area contributed by atoms with Gasteiger partial charge in [-0.15, -0.1) is 11.8 Å². The van der Waals surface area contributed by atoms with Crippen molar-refractivity contribution in [2.24, 2.45) is 11.8 Å². The fourth-order valence-electron chi connectivity index (χ4n) is 4.23. The molecule has 0 unspecified atom stereocenters. The first-order valence-corrected chi connectivity index (χ1v) is 14.9. The summed E-state index contributed by atoms with van der Waals surface area (Å²) in [5.41, 5.74) is 0.0720. The summed E-state index contributed by atoms with van der Waals surface area (Å²) >= 11 is 1.38. The number of hydrogen-bond acceptors (Lipinski definition) is 6. The molecule has 1 fully saturated rings. The summed E-state index contributed by atoms with van der Waals surface area (Å²) in [6, 6.07) is 1.86. The number of carbonyl (C=O) groups is 2. The van der Waals surface area contributed by atoms with Gasteiger partial charge in [-0.05, 0) is 37.9 Å². The first-order chi connectivity index (χ1) is 14.4. The standard InChI is InChI=1S/C22H36N2O5SSi/c1-14(29-31(5,6)22(2,3)4)16-17-15(10-7-8-12-25)19(30-13-9-11-23)18(21(27)28)24(17)20(16)26/h14-17,25H,7-10,12-13H2,1-6H3,(H,27,28)/t14-,15-,16-,17-/m1/s1. The van der Waals surface area contributed by atoms with Crippen molar-refractivity contribution in [2.75, 3.05) is 12.4 Å². The van der Waals surface area contributed by atoms with Crippen LogP contribution in [0.4, 0.5) is 0 Å². The number of fused-ring (bicyclic) bond motifs is 1. The van der Waals surface area contributed by atoms with Gasteiger partial charge in [0.2, 0.25) is 5.91 Å². The summed E-state index contributed by atoms with van der Waals surface area (Å²) in [4.78, 5) is 27.4. The number of aliphatic hydroxyl groups is 1. The van der Waals surface area contributed by atoms with Crippen LogP contribution >= 0.6 is 11.8 Å². The molecule has 0 spiro atoms. The fourth-order valence-corrected chi connectivity index (χ4v) is 6.87. The summed E-state index contributed by atoms with van der Waals surface area (Å²) in [5, 5.41) is 28.0. The van der Waals surface area contributed by atoms with Crippen molar-refractivity contribution in [1.82, 2.24) is 4.90 Å². The Kier molecular flexibility index (Phi) is 8.42. The summed E-state index contributed by atoms with van der Waals surface area (Å²) < 4.78 is 6.52. The highest BCUT2D eigenvalue weighted by molar-refractivity contribution is 8.03. The number of unbranched alkanes of at least 4 members (excludes halogenated alkanes) is 1. The van der Waals surface area contributed by atoms with Gasteiger partial charge < -0.3 is 19.5 Å². The molecule has 2 rings (SSSR count). The molecule has 2 N–H and O–H groups in total. The molecule has 2 aliphatic heterocycles. The minimum Gasteiger partial charge on any atom is -0.477 e. The van der Waals surface area contributed by atoms with E-state index in [4.69, 9.17) is 9.69 Å². The number of hydrogen-bond donors (Lipinski definition) is 2. The van der Waals surface area contributed by atoms with Crippen LogP contribution in [0.5, 0.6) is 0 Å². The van der Waals surface area contributed by atoms with Crippen molar-refractivity contribution in [3.8, 4) is 6.07 Å². The lowest BCUT2D eigenvalue weighted by Crippen LogP contribution is -2.65. The summed E-state index contributed by atoms with van der Waals surface area (Å²) in [6.07, 6.45) is 2.10. The molecule has 0 aromatic carbocycles. The van der Waals surface area contributed by atoms with Gasteiger partial charge >= 0.3 is 5.97 Å². The van der Waals surface area contributed by atoms with Crippen molar-refractivity contribution >= 4 is 32.0 Å². The first-order valence-electron chi connectivity index (χ1n) is 11.0. The average molecular weight is 469 g/mol. The van der Waals surface area contributed by atoms with E-state index in [1.807, 2.05) is 6.92 Å². The third-order valence-electron chi connectivity index (χ3n) is 6.80. The lowest BCUT2D eigenvalue weighted by molar-refractivity contribution is -0.162. The predicted molar refractivity (Wildman–Crippen MR) is 124 cm³/mol. The monoisotopic (exact) mass is 468 g/mol. The second-order valence-corrected chi connectivity index (χ2v) is 15.8. The van der Waals surface area contributed by atoms with Crippen molar-refractivity contribution in [2.45, 2.75) is 83.7 Å². The second kappa shape index (κ2) is 10.1. The molecular formula is C22H36N2O5SSi. The van der Waals surface area contributed by atoms with Gasteiger partial charge in [0, 0.05) is 29.6 Å². The maximum absolute atomic E-state index is 13.1. The molecule has 7 nitrogen and oxygen atoms in total. The van der Waals surface area contributed by atoms with Gasteiger partial charge in [-0.1, -0.05) is 27.2 Å². The molecule has 0 radical (unpaired) electrons. The van der Waals surface area contributed by atoms with Crippen molar-refractivity contribution in [3.63, 3.8) is 0 Å². The summed E-state index contributed by atoms with van der Waals surface area (Å²) in [6.45, 7) is 12.8. The molecule has 1 amide bonds. The Morgan fingerprint density at radius 2 is 2.00 bits per heavy atom. The largest absolute Gasteiger partial charge is 0.477 e. The number of β-lactam (4-membered cyclic amide) rings is 1. The number of nitriles is 1. The number of aliphatic carboxylic acids is 1. The molecule has 2 heterocycles. The number of rotatable bonds is 11. The van der Waals surface area contributed by atoms with E-state index in [0.29, 0.717) is 29.9 Å². The van der Waals surface area contributed by atoms with Crippen molar-refractivity contribution < 1.29 is 24.2 Å². The van der Waals surface area contributed by atoms with E-state index in [2.05, 4.69) is 39.9 Å². The molecule has 0 aromatic heterocycles. The number of carbonyl (C=O) groups excluding carboxylic acids is 1. The Labute approximate surface area is 191 Å². The lowest BCUT2D eigenvalue weighted by Gasteiger charge is -2.50. The molecule has 1 saturated heterocycles. The van der Waals surface area contributed by atoms with E-state index in [9.17, 15) is 19.8 Å². The van der Waals surface area contributed by atoms with Crippen LogP contribution in [0.3, 0.4) is 0 Å². The van der Waals surface area contributed by atoms with E-state index >= 15 is 0 Å². The van der Waals surface area contributed by atoms with E-state index in [-0.39, 0.29) is 47.2 Å². The van der Waals surface area contributed by atoms with Crippen molar-refractivity contribution in [3.05, 3.63) is 10.6 Å². The van der Waals surface area contributed by atoms with E-state index in [1.165, 1.54) is 16.7 Å². The van der Waals surface area contributed by atoms with Gasteiger partial charge in [-0.2, -0.15) is 5.26 Å². The zero-order chi connectivity index (χ0) is 23.6. The molecule has 0 aliphatic carbocycles. The Hall–Kier alpha value is -1.34. The number of carboxylic acid groups (broad SMARTS) is 1. The lowest BCUT2D eigenvalue weighted by atomic mass is 9.77. The quantitative estimate of drug-likeness (QED) is 0.268. The highest BCUT2D eigenvalue weighted by atomic mass is 32.2. The highest BCUT2D eigenvalue weighted by Crippen LogP contribution is 2.53. The minimum absolute atomic E-state index is 0.00667. The number of carboxylic acids is 1. The topological polar surface area (TPSA) is 111 Å². The van der Waals surface area contributed by atoms with Crippen LogP contribution in [0.15, 0.2) is 10.6 Å². The van der Waals surface area contributed by atoms with Gasteiger partial charge in [-0.3, -0.25) is 4.79 Å². The zero-order valence-corrected chi connectivity index (χ0v) is 21.3. The van der Waals surface area contributed by atoms with Crippen molar-refractivity contribution in [1.29, 1.82) is 5.26 Å². The van der Waals surface area contributed by atoms with Crippen LogP contribution in [0.2, 0.25) is 18.1 Å². The number of thioether (sulfide) groups is 1. The smallest absolute Gasteiger partial charge is 0.353 e. The molecule has 0 aromatic rings. The maximum atomic E-state index is 13.1. The van der Waals surface area contributed by atoms with Gasteiger partial charge in [-0.25, -0.2) is 4.79 Å². The average Bonchev–Trinajstić information content (AvgIpc) is 2.91. The van der Waals surface area contributed by atoms with Crippen LogP contribution in [0.25, 0.3) is 0 Å². The molecule has 174 valence electrons. The summed E-state index contributed by atoms with van der Waals surface area (Å²) in [5.74, 6) is -1.27. The number of aliphatic hydroxyl groups excluding tert-OH is 1. The van der Waals surface area contributed by atoms with Crippen LogP contribution in [0.1, 0.15) is 53.4 Å². The Morgan fingerprint density at radius 1 is 1.35 bits per heavy atom. The first kappa shape index (κ1) is 25.9. The summed E-state index contributed by atoms with van der Waals surface area (Å²) in [7, 11) is -2.10. The third kappa shape index (κ3) is 5.19. The molecule has 0 saturated carbocycles. The van der Waals surface area contributed by atoms with Gasteiger partial charge in [0.05, 0.1) is 24.1 Å². The second-order valence-electron chi connectivity index (χ2n) is 9.91. The van der Waals surface area contributed by atoms with Gasteiger partial charge in [0.15, 0.2) is 8.32 Å². The molecule has 4 atom stereocenters. The van der Waals surface area contributed by atoms with E-state index in [0.717, 1.165) is 6.42 Å². The number of amides is 1. The van der Waals surface area contributed by atoms with Gasteiger partial charge in [0.1, 0.15) is 5.70 Å². The Bertz CT molecular complexity index is 771. The normalized spacial score (nSPS) is 24.6. The predicted octanol–water partition coefficient (Wildman–Crippen LogP) is 3.96. The van der Waals surface area contributed by atoms with Gasteiger partial charge in [0.25, 0.3) is 0 Å². The molecule has 31 heavy (non-hydrogen) atoms. The SMILES string of the molecule is C[C@@H](O[Si](C)(C)C(C)(C)C)[C@H]1C(=O)N2C(C(=O)O)=C(SCCC#N)[C@H](CCCCO)[C@H]12. The maximum Gasteiger partial charge on any atom is 0.353 e. The zero-order valence-electron chi connectivity index (χ0n) is 19.5. The van der Waals surface area contributed by atoms with Crippen LogP contribution < -0.4 is 0 Å². The highest BCUT2D eigenvalue weighted by Gasteiger charge is 2.61. The Morgan fingerprint density at radius 3 is 2.52 bits per heavy atom. The third-order valence-corrected chi connectivity index (χ3v) is 12.6. The minimum atomic E-state index is -2.10. The van der Waals surface area contributed by atoms with E-state index in [1.54, 1.807) is 0 Å². The fraction of sp³-hybridized carbons (Fsp3) is 0.773. The van der Waals surface area contributed by atoms with Crippen LogP contribution in [0, 0.1) is 23.2 Å². The molecule has 0 bridgehead atoms. The molecule has 9 heteroatoms.